The lowest BCUT2D eigenvalue weighted by Gasteiger charge is -2.22. The quantitative estimate of drug-likeness (QED) is 0.433. The van der Waals surface area contributed by atoms with Crippen molar-refractivity contribution in [3.05, 3.63) is 41.9 Å². The molecule has 8 nitrogen and oxygen atoms in total. The Morgan fingerprint density at radius 3 is 2.44 bits per heavy atom. The number of halogens is 2. The van der Waals surface area contributed by atoms with E-state index in [1.807, 2.05) is 13.8 Å². The van der Waals surface area contributed by atoms with E-state index < -0.39 is 29.6 Å². The van der Waals surface area contributed by atoms with Crippen molar-refractivity contribution < 1.29 is 23.2 Å². The number of imidazole rings is 1. The van der Waals surface area contributed by atoms with Gasteiger partial charge in [-0.1, -0.05) is 13.8 Å². The Morgan fingerprint density at radius 2 is 1.78 bits per heavy atom. The van der Waals surface area contributed by atoms with Crippen LogP contribution in [0, 0.1) is 17.6 Å². The van der Waals surface area contributed by atoms with Crippen molar-refractivity contribution in [2.45, 2.75) is 71.4 Å². The first-order valence-electron chi connectivity index (χ1n) is 12.5. The normalized spacial score (nSPS) is 15.1. The molecule has 1 aromatic carbocycles. The van der Waals surface area contributed by atoms with Crippen molar-refractivity contribution in [3.63, 3.8) is 0 Å². The number of likely N-dealkylation sites (tertiary alicyclic amines) is 1. The number of amides is 3. The summed E-state index contributed by atoms with van der Waals surface area (Å²) < 4.78 is 27.4. The van der Waals surface area contributed by atoms with Crippen LogP contribution in [0.3, 0.4) is 0 Å². The van der Waals surface area contributed by atoms with Crippen molar-refractivity contribution in [3.8, 4) is 11.3 Å². The lowest BCUT2D eigenvalue weighted by atomic mass is 10.1. The summed E-state index contributed by atoms with van der Waals surface area (Å²) >= 11 is 0. The lowest BCUT2D eigenvalue weighted by molar-refractivity contribution is -0.132. The SMILES string of the molecule is CC(C)CCC(=O)N[C@@H](CCC(=O)N1CCCC1)C(=O)N[C@@H](C)c1ncc(-c2ccc(F)cc2F)[nH]1. The first-order valence-corrected chi connectivity index (χ1v) is 12.5. The van der Waals surface area contributed by atoms with Gasteiger partial charge in [0.15, 0.2) is 0 Å². The molecule has 1 aliphatic rings. The molecule has 2 atom stereocenters. The number of nitrogens with one attached hydrogen (secondary N) is 3. The van der Waals surface area contributed by atoms with E-state index in [0.29, 0.717) is 30.3 Å². The summed E-state index contributed by atoms with van der Waals surface area (Å²) in [7, 11) is 0. The van der Waals surface area contributed by atoms with Crippen LogP contribution in [0.25, 0.3) is 11.3 Å². The van der Waals surface area contributed by atoms with Crippen LogP contribution in [0.5, 0.6) is 0 Å². The number of hydrogen-bond acceptors (Lipinski definition) is 4. The fraction of sp³-hybridized carbons (Fsp3) is 0.538. The first-order chi connectivity index (χ1) is 17.1. The second kappa shape index (κ2) is 12.6. The average molecular weight is 504 g/mol. The molecular weight excluding hydrogens is 468 g/mol. The molecule has 1 aromatic heterocycles. The number of carbonyl (C=O) groups excluding carboxylic acids is 3. The van der Waals surface area contributed by atoms with Crippen LogP contribution in [-0.2, 0) is 14.4 Å². The van der Waals surface area contributed by atoms with Crippen LogP contribution in [-0.4, -0.2) is 51.7 Å². The van der Waals surface area contributed by atoms with E-state index in [9.17, 15) is 23.2 Å². The molecule has 0 unspecified atom stereocenters. The maximum absolute atomic E-state index is 14.1. The van der Waals surface area contributed by atoms with Crippen LogP contribution in [0.1, 0.15) is 71.2 Å². The van der Waals surface area contributed by atoms with Gasteiger partial charge in [-0.05, 0) is 50.7 Å². The summed E-state index contributed by atoms with van der Waals surface area (Å²) in [5, 5.41) is 5.60. The number of aromatic amines is 1. The summed E-state index contributed by atoms with van der Waals surface area (Å²) in [5.74, 6) is -1.38. The van der Waals surface area contributed by atoms with Gasteiger partial charge in [0.1, 0.15) is 23.5 Å². The molecule has 0 spiro atoms. The van der Waals surface area contributed by atoms with Gasteiger partial charge in [0, 0.05) is 37.6 Å². The van der Waals surface area contributed by atoms with Gasteiger partial charge >= 0.3 is 0 Å². The van der Waals surface area contributed by atoms with Crippen LogP contribution >= 0.6 is 0 Å². The molecule has 3 rings (SSSR count). The third-order valence-electron chi connectivity index (χ3n) is 6.29. The second-order valence-electron chi connectivity index (χ2n) is 9.72. The topological polar surface area (TPSA) is 107 Å². The number of rotatable bonds is 11. The largest absolute Gasteiger partial charge is 0.345 e. The number of hydrogen-bond donors (Lipinski definition) is 3. The Labute approximate surface area is 210 Å². The number of aromatic nitrogens is 2. The highest BCUT2D eigenvalue weighted by molar-refractivity contribution is 5.88. The smallest absolute Gasteiger partial charge is 0.243 e. The Bertz CT molecular complexity index is 1070. The Morgan fingerprint density at radius 1 is 1.06 bits per heavy atom. The molecule has 0 saturated carbocycles. The number of carbonyl (C=O) groups is 3. The van der Waals surface area contributed by atoms with Crippen molar-refractivity contribution in [1.82, 2.24) is 25.5 Å². The highest BCUT2D eigenvalue weighted by Gasteiger charge is 2.26. The summed E-state index contributed by atoms with van der Waals surface area (Å²) in [6.07, 6.45) is 4.70. The summed E-state index contributed by atoms with van der Waals surface area (Å²) in [6.45, 7) is 7.19. The molecule has 0 bridgehead atoms. The van der Waals surface area contributed by atoms with E-state index in [-0.39, 0.29) is 30.2 Å². The van der Waals surface area contributed by atoms with Crippen LogP contribution < -0.4 is 10.6 Å². The predicted octanol–water partition coefficient (Wildman–Crippen LogP) is 3.86. The van der Waals surface area contributed by atoms with Gasteiger partial charge in [-0.2, -0.15) is 0 Å². The van der Waals surface area contributed by atoms with Crippen molar-refractivity contribution in [2.75, 3.05) is 13.1 Å². The molecule has 1 saturated heterocycles. The molecule has 0 aliphatic carbocycles. The van der Waals surface area contributed by atoms with Crippen molar-refractivity contribution >= 4 is 17.7 Å². The highest BCUT2D eigenvalue weighted by Crippen LogP contribution is 2.23. The van der Waals surface area contributed by atoms with Gasteiger partial charge in [0.25, 0.3) is 0 Å². The molecule has 3 amide bonds. The van der Waals surface area contributed by atoms with Crippen molar-refractivity contribution in [1.29, 1.82) is 0 Å². The third-order valence-corrected chi connectivity index (χ3v) is 6.29. The summed E-state index contributed by atoms with van der Waals surface area (Å²) in [6, 6.07) is 1.80. The first kappa shape index (κ1) is 27.3. The Kier molecular flexibility index (Phi) is 9.55. The van der Waals surface area contributed by atoms with E-state index in [2.05, 4.69) is 20.6 Å². The van der Waals surface area contributed by atoms with E-state index in [1.54, 1.807) is 11.8 Å². The van der Waals surface area contributed by atoms with Gasteiger partial charge < -0.3 is 20.5 Å². The van der Waals surface area contributed by atoms with Gasteiger partial charge in [0.05, 0.1) is 17.9 Å². The van der Waals surface area contributed by atoms with Gasteiger partial charge in [0.2, 0.25) is 17.7 Å². The standard InChI is InChI=1S/C26H35F2N5O3/c1-16(2)6-10-23(34)31-21(9-11-24(35)33-12-4-5-13-33)26(36)30-17(3)25-29-15-22(32-25)19-8-7-18(27)14-20(19)28/h7-8,14-17,21H,4-6,9-13H2,1-3H3,(H,29,32)(H,30,36)(H,31,34)/t17-,21-/m0/s1. The number of H-pyrrole nitrogens is 1. The molecule has 2 aromatic rings. The Balaban J connectivity index is 1.65. The summed E-state index contributed by atoms with van der Waals surface area (Å²) in [5.41, 5.74) is 0.503. The molecule has 0 radical (unpaired) electrons. The van der Waals surface area contributed by atoms with Gasteiger partial charge in [-0.15, -0.1) is 0 Å². The zero-order valence-corrected chi connectivity index (χ0v) is 21.1. The summed E-state index contributed by atoms with van der Waals surface area (Å²) in [4.78, 5) is 47.1. The van der Waals surface area contributed by atoms with Crippen LogP contribution in [0.2, 0.25) is 0 Å². The maximum atomic E-state index is 14.1. The molecule has 1 aliphatic heterocycles. The van der Waals surface area contributed by atoms with E-state index in [0.717, 1.165) is 38.1 Å². The molecule has 3 N–H and O–H groups in total. The van der Waals surface area contributed by atoms with E-state index in [1.165, 1.54) is 12.3 Å². The molecule has 2 heterocycles. The minimum absolute atomic E-state index is 0.0215. The molecule has 196 valence electrons. The Hall–Kier alpha value is -3.30. The third kappa shape index (κ3) is 7.60. The second-order valence-corrected chi connectivity index (χ2v) is 9.72. The van der Waals surface area contributed by atoms with Gasteiger partial charge in [-0.25, -0.2) is 13.8 Å². The lowest BCUT2D eigenvalue weighted by Crippen LogP contribution is -2.48. The zero-order chi connectivity index (χ0) is 26.2. The molecular formula is C26H35F2N5O3. The number of nitrogens with zero attached hydrogens (tertiary/aromatic N) is 2. The number of benzene rings is 1. The minimum atomic E-state index is -0.873. The molecule has 36 heavy (non-hydrogen) atoms. The average Bonchev–Trinajstić information content (AvgIpc) is 3.53. The van der Waals surface area contributed by atoms with E-state index >= 15 is 0 Å². The minimum Gasteiger partial charge on any atom is -0.345 e. The predicted molar refractivity (Wildman–Crippen MR) is 132 cm³/mol. The van der Waals surface area contributed by atoms with Crippen molar-refractivity contribution in [2.24, 2.45) is 5.92 Å². The monoisotopic (exact) mass is 503 g/mol. The van der Waals surface area contributed by atoms with Crippen LogP contribution in [0.4, 0.5) is 8.78 Å². The maximum Gasteiger partial charge on any atom is 0.243 e. The van der Waals surface area contributed by atoms with E-state index in [4.69, 9.17) is 0 Å². The molecule has 1 fully saturated rings. The van der Waals surface area contributed by atoms with Gasteiger partial charge in [-0.3, -0.25) is 14.4 Å². The zero-order valence-electron chi connectivity index (χ0n) is 21.1. The fourth-order valence-corrected chi connectivity index (χ4v) is 4.13. The van der Waals surface area contributed by atoms with Crippen LogP contribution in [0.15, 0.2) is 24.4 Å². The highest BCUT2D eigenvalue weighted by atomic mass is 19.1. The fourth-order valence-electron chi connectivity index (χ4n) is 4.13. The molecule has 10 heteroatoms.